The minimum Gasteiger partial charge on any atom is -0.265 e. The molecule has 1 unspecified atom stereocenters. The summed E-state index contributed by atoms with van der Waals surface area (Å²) in [5.41, 5.74) is -0.00958. The predicted molar refractivity (Wildman–Crippen MR) is 66.5 cm³/mol. The highest BCUT2D eigenvalue weighted by Gasteiger charge is 2.41. The van der Waals surface area contributed by atoms with Crippen molar-refractivity contribution in [2.24, 2.45) is 10.5 Å². The molecule has 0 saturated carbocycles. The van der Waals surface area contributed by atoms with E-state index in [0.29, 0.717) is 6.54 Å². The lowest BCUT2D eigenvalue weighted by molar-refractivity contribution is 0.251. The Morgan fingerprint density at radius 1 is 1.44 bits per heavy atom. The first-order valence-electron chi connectivity index (χ1n) is 5.16. The summed E-state index contributed by atoms with van der Waals surface area (Å²) in [5.74, 6) is 0.000741. The van der Waals surface area contributed by atoms with Gasteiger partial charge < -0.3 is 0 Å². The number of hydrogen-bond donors (Lipinski definition) is 0. The lowest BCUT2D eigenvalue weighted by Crippen LogP contribution is -2.49. The second-order valence-corrected chi connectivity index (χ2v) is 8.40. The van der Waals surface area contributed by atoms with Crippen LogP contribution in [0.4, 0.5) is 0 Å². The van der Waals surface area contributed by atoms with Crippen LogP contribution in [-0.4, -0.2) is 47.6 Å². The van der Waals surface area contributed by atoms with E-state index in [0.717, 1.165) is 5.04 Å². The Labute approximate surface area is 101 Å². The second-order valence-electron chi connectivity index (χ2n) is 5.19. The average Bonchev–Trinajstić information content (AvgIpc) is 2.46. The molecule has 5 nitrogen and oxygen atoms in total. The highest BCUT2D eigenvalue weighted by molar-refractivity contribution is 8.14. The number of hydrazone groups is 1. The van der Waals surface area contributed by atoms with Crippen LogP contribution in [0.2, 0.25) is 0 Å². The van der Waals surface area contributed by atoms with Gasteiger partial charge in [-0.25, -0.2) is 12.7 Å². The van der Waals surface area contributed by atoms with E-state index < -0.39 is 10.0 Å². The molecule has 0 aliphatic carbocycles. The minimum absolute atomic E-state index is 0.000741. The van der Waals surface area contributed by atoms with E-state index in [4.69, 9.17) is 0 Å². The first-order valence-corrected chi connectivity index (χ1v) is 7.65. The molecule has 1 atom stereocenters. The molecule has 2 aliphatic heterocycles. The molecule has 0 aromatic rings. The fourth-order valence-corrected chi connectivity index (χ4v) is 4.19. The Morgan fingerprint density at radius 2 is 2.06 bits per heavy atom. The number of thioether (sulfide) groups is 1. The van der Waals surface area contributed by atoms with Crippen molar-refractivity contribution < 1.29 is 8.42 Å². The molecule has 0 N–H and O–H groups in total. The lowest BCUT2D eigenvalue weighted by atomic mass is 9.99. The van der Waals surface area contributed by atoms with Crippen LogP contribution < -0.4 is 0 Å². The first kappa shape index (κ1) is 12.2. The number of nitrogens with zero attached hydrogens (tertiary/aromatic N) is 3. The molecule has 0 bridgehead atoms. The molecule has 0 spiro atoms. The highest BCUT2D eigenvalue weighted by atomic mass is 32.2. The van der Waals surface area contributed by atoms with E-state index in [9.17, 15) is 8.42 Å². The molecule has 0 amide bonds. The maximum absolute atomic E-state index is 11.7. The van der Waals surface area contributed by atoms with Gasteiger partial charge in [-0.05, 0) is 0 Å². The number of sulfonamides is 1. The third-order valence-electron chi connectivity index (χ3n) is 2.62. The van der Waals surface area contributed by atoms with Gasteiger partial charge in [0.25, 0.3) is 0 Å². The van der Waals surface area contributed by atoms with Crippen molar-refractivity contribution in [3.05, 3.63) is 0 Å². The molecular formula is C9H17N3O2S2. The van der Waals surface area contributed by atoms with Crippen molar-refractivity contribution in [2.45, 2.75) is 26.1 Å². The molecule has 2 heterocycles. The van der Waals surface area contributed by atoms with E-state index in [1.165, 1.54) is 4.31 Å². The van der Waals surface area contributed by atoms with Gasteiger partial charge in [-0.15, -0.1) is 0 Å². The Kier molecular flexibility index (Phi) is 2.75. The molecule has 0 aromatic carbocycles. The largest absolute Gasteiger partial charge is 0.265 e. The van der Waals surface area contributed by atoms with Gasteiger partial charge in [0.2, 0.25) is 10.0 Å². The first-order chi connectivity index (χ1) is 7.20. The van der Waals surface area contributed by atoms with Crippen LogP contribution in [-0.2, 0) is 10.0 Å². The van der Waals surface area contributed by atoms with Crippen LogP contribution in [0.1, 0.15) is 20.8 Å². The number of likely N-dealkylation sites (N-methyl/N-ethyl adjacent to an activating group) is 1. The van der Waals surface area contributed by atoms with Crippen molar-refractivity contribution in [3.63, 3.8) is 0 Å². The van der Waals surface area contributed by atoms with Crippen LogP contribution in [0.25, 0.3) is 0 Å². The van der Waals surface area contributed by atoms with Gasteiger partial charge in [-0.2, -0.15) is 5.10 Å². The van der Waals surface area contributed by atoms with Crippen molar-refractivity contribution in [1.29, 1.82) is 0 Å². The summed E-state index contributed by atoms with van der Waals surface area (Å²) in [6.07, 6.45) is 0. The van der Waals surface area contributed by atoms with Crippen LogP contribution in [0.5, 0.6) is 0 Å². The predicted octanol–water partition coefficient (Wildman–Crippen LogP) is 0.954. The maximum Gasteiger partial charge on any atom is 0.233 e. The van der Waals surface area contributed by atoms with E-state index in [-0.39, 0.29) is 16.7 Å². The van der Waals surface area contributed by atoms with Gasteiger partial charge in [0.15, 0.2) is 5.88 Å². The van der Waals surface area contributed by atoms with E-state index in [2.05, 4.69) is 25.9 Å². The zero-order chi connectivity index (χ0) is 12.1. The quantitative estimate of drug-likeness (QED) is 0.653. The Morgan fingerprint density at radius 3 is 2.62 bits per heavy atom. The minimum atomic E-state index is -3.15. The summed E-state index contributed by atoms with van der Waals surface area (Å²) in [6.45, 7) is 6.79. The lowest BCUT2D eigenvalue weighted by Gasteiger charge is -2.32. The summed E-state index contributed by atoms with van der Waals surface area (Å²) >= 11 is 1.68. The zero-order valence-electron chi connectivity index (χ0n) is 9.97. The molecule has 2 aliphatic rings. The monoisotopic (exact) mass is 263 g/mol. The maximum atomic E-state index is 11.7. The van der Waals surface area contributed by atoms with E-state index in [1.54, 1.807) is 23.8 Å². The second kappa shape index (κ2) is 3.61. The van der Waals surface area contributed by atoms with Crippen molar-refractivity contribution in [2.75, 3.05) is 19.5 Å². The highest BCUT2D eigenvalue weighted by Crippen LogP contribution is 2.37. The fraction of sp³-hybridized carbons (Fsp3) is 0.889. The smallest absolute Gasteiger partial charge is 0.233 e. The van der Waals surface area contributed by atoms with Gasteiger partial charge >= 0.3 is 0 Å². The molecule has 7 heteroatoms. The summed E-state index contributed by atoms with van der Waals surface area (Å²) in [7, 11) is -1.52. The molecule has 16 heavy (non-hydrogen) atoms. The Balaban J connectivity index is 2.22. The van der Waals surface area contributed by atoms with Crippen molar-refractivity contribution in [1.82, 2.24) is 9.31 Å². The topological polar surface area (TPSA) is 53.0 Å². The SMILES string of the molecule is CN1CC2SC(C(C)(C)C)=NN2CS1(=O)=O. The van der Waals surface area contributed by atoms with Crippen molar-refractivity contribution in [3.8, 4) is 0 Å². The molecule has 0 radical (unpaired) electrons. The van der Waals surface area contributed by atoms with Crippen molar-refractivity contribution >= 4 is 26.8 Å². The molecule has 1 fully saturated rings. The third kappa shape index (κ3) is 2.08. The molecule has 2 rings (SSSR count). The number of rotatable bonds is 0. The Hall–Kier alpha value is -0.270. The standard InChI is InChI=1S/C9H17N3O2S2/c1-9(2,3)8-10-12-6-16(13,14)11(4)5-7(12)15-8/h7H,5-6H2,1-4H3. The van der Waals surface area contributed by atoms with E-state index in [1.807, 2.05) is 0 Å². The van der Waals surface area contributed by atoms with Gasteiger partial charge in [0.1, 0.15) is 10.4 Å². The molecule has 1 saturated heterocycles. The average molecular weight is 263 g/mol. The summed E-state index contributed by atoms with van der Waals surface area (Å²) in [4.78, 5) is 0. The zero-order valence-corrected chi connectivity index (χ0v) is 11.6. The van der Waals surface area contributed by atoms with Crippen LogP contribution in [0.15, 0.2) is 5.10 Å². The summed E-state index contributed by atoms with van der Waals surface area (Å²) in [5, 5.41) is 7.27. The van der Waals surface area contributed by atoms with E-state index >= 15 is 0 Å². The third-order valence-corrected chi connectivity index (χ3v) is 5.90. The normalized spacial score (nSPS) is 30.1. The number of hydrogen-bond acceptors (Lipinski definition) is 5. The molecule has 92 valence electrons. The van der Waals surface area contributed by atoms with Gasteiger partial charge in [-0.3, -0.25) is 5.01 Å². The Bertz CT molecular complexity index is 425. The summed E-state index contributed by atoms with van der Waals surface area (Å²) < 4.78 is 24.8. The number of fused-ring (bicyclic) bond motifs is 1. The molecular weight excluding hydrogens is 246 g/mol. The molecule has 0 aromatic heterocycles. The van der Waals surface area contributed by atoms with Crippen LogP contribution in [0.3, 0.4) is 0 Å². The van der Waals surface area contributed by atoms with Gasteiger partial charge in [0, 0.05) is 19.0 Å². The van der Waals surface area contributed by atoms with Crippen LogP contribution >= 0.6 is 11.8 Å². The fourth-order valence-electron chi connectivity index (χ4n) is 1.56. The van der Waals surface area contributed by atoms with Gasteiger partial charge in [-0.1, -0.05) is 32.5 Å². The summed E-state index contributed by atoms with van der Waals surface area (Å²) in [6, 6.07) is 0. The van der Waals surface area contributed by atoms with Crippen LogP contribution in [0, 0.1) is 5.41 Å². The van der Waals surface area contributed by atoms with Gasteiger partial charge in [0.05, 0.1) is 0 Å².